The second-order valence-electron chi connectivity index (χ2n) is 2.97. The van der Waals surface area contributed by atoms with E-state index in [1.807, 2.05) is 12.2 Å². The van der Waals surface area contributed by atoms with Gasteiger partial charge in [0, 0.05) is 6.42 Å². The molecule has 0 fully saturated rings. The molecule has 1 aliphatic carbocycles. The van der Waals surface area contributed by atoms with Crippen LogP contribution in [0.2, 0.25) is 0 Å². The van der Waals surface area contributed by atoms with Crippen molar-refractivity contribution in [3.63, 3.8) is 0 Å². The minimum atomic E-state index is -1.14. The Hall–Kier alpha value is -1.32. The van der Waals surface area contributed by atoms with E-state index in [9.17, 15) is 9.59 Å². The quantitative estimate of drug-likeness (QED) is 0.405. The van der Waals surface area contributed by atoms with Crippen molar-refractivity contribution in [3.05, 3.63) is 12.2 Å². The third-order valence-electron chi connectivity index (χ3n) is 1.81. The predicted octanol–water partition coefficient (Wildman–Crippen LogP) is 1.11. The van der Waals surface area contributed by atoms with Crippen molar-refractivity contribution in [2.45, 2.75) is 31.8 Å². The van der Waals surface area contributed by atoms with Crippen LogP contribution in [0.1, 0.15) is 25.7 Å². The maximum Gasteiger partial charge on any atom is 0.317 e. The Morgan fingerprint density at radius 2 is 2.23 bits per heavy atom. The monoisotopic (exact) mass is 184 g/mol. The maximum atomic E-state index is 10.9. The van der Waals surface area contributed by atoms with Crippen LogP contribution in [-0.2, 0) is 14.3 Å². The van der Waals surface area contributed by atoms with Crippen LogP contribution in [-0.4, -0.2) is 23.1 Å². The van der Waals surface area contributed by atoms with E-state index in [4.69, 9.17) is 9.84 Å². The van der Waals surface area contributed by atoms with Gasteiger partial charge in [-0.1, -0.05) is 12.2 Å². The van der Waals surface area contributed by atoms with E-state index in [-0.39, 0.29) is 6.10 Å². The first kappa shape index (κ1) is 9.77. The Balaban J connectivity index is 2.27. The Morgan fingerprint density at radius 3 is 2.77 bits per heavy atom. The van der Waals surface area contributed by atoms with Crippen LogP contribution < -0.4 is 0 Å². The molecule has 0 radical (unpaired) electrons. The molecule has 4 heteroatoms. The molecule has 0 aromatic heterocycles. The molecule has 0 saturated carbocycles. The summed E-state index contributed by atoms with van der Waals surface area (Å²) in [7, 11) is 0. The van der Waals surface area contributed by atoms with E-state index in [1.165, 1.54) is 0 Å². The number of aliphatic carboxylic acids is 1. The average Bonchev–Trinajstić information content (AvgIpc) is 2.04. The summed E-state index contributed by atoms with van der Waals surface area (Å²) in [6, 6.07) is 0. The van der Waals surface area contributed by atoms with E-state index in [1.54, 1.807) is 0 Å². The van der Waals surface area contributed by atoms with E-state index in [2.05, 4.69) is 0 Å². The van der Waals surface area contributed by atoms with Gasteiger partial charge in [0.1, 0.15) is 12.5 Å². The van der Waals surface area contributed by atoms with Crippen molar-refractivity contribution >= 4 is 11.9 Å². The molecule has 0 aromatic carbocycles. The van der Waals surface area contributed by atoms with Gasteiger partial charge >= 0.3 is 11.9 Å². The number of carboxylic acids is 1. The van der Waals surface area contributed by atoms with Gasteiger partial charge in [0.15, 0.2) is 0 Å². The van der Waals surface area contributed by atoms with Crippen LogP contribution in [0.4, 0.5) is 0 Å². The third-order valence-corrected chi connectivity index (χ3v) is 1.81. The highest BCUT2D eigenvalue weighted by molar-refractivity contribution is 5.90. The molecule has 0 aliphatic heterocycles. The number of ether oxygens (including phenoxy) is 1. The first-order chi connectivity index (χ1) is 6.18. The molecule has 0 heterocycles. The molecule has 4 nitrogen and oxygen atoms in total. The van der Waals surface area contributed by atoms with Crippen LogP contribution in [0.5, 0.6) is 0 Å². The number of carbonyl (C=O) groups is 2. The molecule has 72 valence electrons. The van der Waals surface area contributed by atoms with Gasteiger partial charge in [0.05, 0.1) is 0 Å². The highest BCUT2D eigenvalue weighted by atomic mass is 16.5. The van der Waals surface area contributed by atoms with Gasteiger partial charge in [-0.2, -0.15) is 0 Å². The Labute approximate surface area is 76.2 Å². The number of carboxylic acid groups (broad SMARTS) is 1. The number of allylic oxidation sites excluding steroid dienone is 1. The summed E-state index contributed by atoms with van der Waals surface area (Å²) in [4.78, 5) is 21.0. The zero-order valence-corrected chi connectivity index (χ0v) is 7.23. The van der Waals surface area contributed by atoms with Gasteiger partial charge in [-0.15, -0.1) is 0 Å². The van der Waals surface area contributed by atoms with Gasteiger partial charge in [-0.25, -0.2) is 0 Å². The first-order valence-electron chi connectivity index (χ1n) is 4.25. The van der Waals surface area contributed by atoms with Crippen molar-refractivity contribution in [1.82, 2.24) is 0 Å². The van der Waals surface area contributed by atoms with Gasteiger partial charge in [0.25, 0.3) is 0 Å². The lowest BCUT2D eigenvalue weighted by molar-refractivity contribution is -0.155. The normalized spacial score (nSPS) is 21.1. The number of hydrogen-bond donors (Lipinski definition) is 1. The molecule has 1 N–H and O–H groups in total. The molecule has 0 aromatic rings. The molecule has 1 rings (SSSR count). The summed E-state index contributed by atoms with van der Waals surface area (Å²) in [5, 5.41) is 8.30. The van der Waals surface area contributed by atoms with Crippen LogP contribution >= 0.6 is 0 Å². The average molecular weight is 184 g/mol. The minimum absolute atomic E-state index is 0.128. The second kappa shape index (κ2) is 4.64. The smallest absolute Gasteiger partial charge is 0.317 e. The fraction of sp³-hybridized carbons (Fsp3) is 0.556. The number of carbonyl (C=O) groups excluding carboxylic acids is 1. The molecular formula is C9H12O4. The standard InChI is InChI=1S/C9H12O4/c10-8(11)6-9(12)13-7-4-2-1-3-5-7/h1-2,7H,3-6H2,(H,10,11). The zero-order valence-electron chi connectivity index (χ0n) is 7.23. The van der Waals surface area contributed by atoms with E-state index < -0.39 is 18.4 Å². The van der Waals surface area contributed by atoms with E-state index in [0.717, 1.165) is 12.8 Å². The minimum Gasteiger partial charge on any atom is -0.481 e. The number of hydrogen-bond acceptors (Lipinski definition) is 3. The summed E-state index contributed by atoms with van der Waals surface area (Å²) < 4.78 is 4.93. The molecule has 0 amide bonds. The fourth-order valence-corrected chi connectivity index (χ4v) is 1.22. The van der Waals surface area contributed by atoms with Gasteiger partial charge in [0.2, 0.25) is 0 Å². The molecule has 1 aliphatic rings. The molecular weight excluding hydrogens is 172 g/mol. The van der Waals surface area contributed by atoms with E-state index >= 15 is 0 Å². The molecule has 0 saturated heterocycles. The predicted molar refractivity (Wildman–Crippen MR) is 45.1 cm³/mol. The summed E-state index contributed by atoms with van der Waals surface area (Å²) in [6.07, 6.45) is 5.69. The van der Waals surface area contributed by atoms with Crippen LogP contribution in [0, 0.1) is 0 Å². The third kappa shape index (κ3) is 3.73. The maximum absolute atomic E-state index is 10.9. The van der Waals surface area contributed by atoms with Crippen molar-refractivity contribution < 1.29 is 19.4 Å². The van der Waals surface area contributed by atoms with Crippen LogP contribution in [0.25, 0.3) is 0 Å². The number of esters is 1. The largest absolute Gasteiger partial charge is 0.481 e. The van der Waals surface area contributed by atoms with Crippen LogP contribution in [0.3, 0.4) is 0 Å². The summed E-state index contributed by atoms with van der Waals surface area (Å²) in [5.41, 5.74) is 0. The van der Waals surface area contributed by atoms with Crippen LogP contribution in [0.15, 0.2) is 12.2 Å². The zero-order chi connectivity index (χ0) is 9.68. The highest BCUT2D eigenvalue weighted by Gasteiger charge is 2.16. The van der Waals surface area contributed by atoms with Crippen molar-refractivity contribution in [3.8, 4) is 0 Å². The molecule has 1 unspecified atom stereocenters. The Morgan fingerprint density at radius 1 is 1.46 bits per heavy atom. The topological polar surface area (TPSA) is 63.6 Å². The summed E-state index contributed by atoms with van der Waals surface area (Å²) in [5.74, 6) is -1.79. The molecule has 13 heavy (non-hydrogen) atoms. The SMILES string of the molecule is O=C(O)CC(=O)OC1CC=CCC1. The van der Waals surface area contributed by atoms with Crippen molar-refractivity contribution in [2.24, 2.45) is 0 Å². The molecule has 1 atom stereocenters. The van der Waals surface area contributed by atoms with E-state index in [0.29, 0.717) is 6.42 Å². The van der Waals surface area contributed by atoms with Gasteiger partial charge in [-0.05, 0) is 12.8 Å². The van der Waals surface area contributed by atoms with Gasteiger partial charge < -0.3 is 9.84 Å². The number of rotatable bonds is 3. The molecule has 0 spiro atoms. The Kier molecular flexibility index (Phi) is 3.49. The van der Waals surface area contributed by atoms with Crippen molar-refractivity contribution in [2.75, 3.05) is 0 Å². The van der Waals surface area contributed by atoms with Crippen molar-refractivity contribution in [1.29, 1.82) is 0 Å². The lowest BCUT2D eigenvalue weighted by Crippen LogP contribution is -2.20. The Bertz CT molecular complexity index is 232. The van der Waals surface area contributed by atoms with Gasteiger partial charge in [-0.3, -0.25) is 9.59 Å². The fourth-order valence-electron chi connectivity index (χ4n) is 1.22. The lowest BCUT2D eigenvalue weighted by atomic mass is 10.1. The highest BCUT2D eigenvalue weighted by Crippen LogP contribution is 2.14. The summed E-state index contributed by atoms with van der Waals surface area (Å²) in [6.45, 7) is 0. The second-order valence-corrected chi connectivity index (χ2v) is 2.97. The first-order valence-corrected chi connectivity index (χ1v) is 4.25. The lowest BCUT2D eigenvalue weighted by Gasteiger charge is -2.17. The molecule has 0 bridgehead atoms. The summed E-state index contributed by atoms with van der Waals surface area (Å²) >= 11 is 0.